The predicted molar refractivity (Wildman–Crippen MR) is 257 cm³/mol. The van der Waals surface area contributed by atoms with Crippen LogP contribution in [0.3, 0.4) is 0 Å². The summed E-state index contributed by atoms with van der Waals surface area (Å²) >= 11 is 0. The normalized spacial score (nSPS) is 13.6. The molecule has 0 spiro atoms. The van der Waals surface area contributed by atoms with Crippen molar-refractivity contribution in [2.45, 2.75) is 19.3 Å². The zero-order valence-corrected chi connectivity index (χ0v) is 34.2. The summed E-state index contributed by atoms with van der Waals surface area (Å²) in [5, 5.41) is 5.77. The average molecular weight is 783 g/mol. The number of para-hydroxylation sites is 2. The molecule has 4 heteroatoms. The maximum absolute atomic E-state index is 5.38. The van der Waals surface area contributed by atoms with Crippen LogP contribution in [0.1, 0.15) is 19.4 Å². The molecule has 0 unspecified atom stereocenters. The molecule has 0 saturated carbocycles. The van der Waals surface area contributed by atoms with Crippen LogP contribution in [0.15, 0.2) is 219 Å². The summed E-state index contributed by atoms with van der Waals surface area (Å²) < 4.78 is 2.26. The lowest BCUT2D eigenvalue weighted by Gasteiger charge is -2.42. The van der Waals surface area contributed by atoms with Gasteiger partial charge in [0, 0.05) is 38.5 Å². The van der Waals surface area contributed by atoms with Crippen LogP contribution >= 0.6 is 0 Å². The Bertz CT molecular complexity index is 3430. The van der Waals surface area contributed by atoms with E-state index in [1.165, 1.54) is 27.1 Å². The van der Waals surface area contributed by atoms with Crippen LogP contribution in [-0.4, -0.2) is 14.5 Å². The fourth-order valence-electron chi connectivity index (χ4n) is 9.67. The summed E-state index contributed by atoms with van der Waals surface area (Å²) in [6.07, 6.45) is 3.95. The second-order valence-corrected chi connectivity index (χ2v) is 16.3. The first-order chi connectivity index (χ1) is 29.9. The molecule has 3 heterocycles. The number of nitrogens with zero attached hydrogens (tertiary/aromatic N) is 4. The quantitative estimate of drug-likeness (QED) is 0.161. The van der Waals surface area contributed by atoms with Gasteiger partial charge >= 0.3 is 0 Å². The maximum atomic E-state index is 5.38. The summed E-state index contributed by atoms with van der Waals surface area (Å²) in [6, 6.07) is 64.9. The van der Waals surface area contributed by atoms with Crippen molar-refractivity contribution in [1.82, 2.24) is 14.5 Å². The first-order valence-corrected chi connectivity index (χ1v) is 20.8. The molecule has 1 aliphatic heterocycles. The van der Waals surface area contributed by atoms with Crippen LogP contribution < -0.4 is 4.90 Å². The Morgan fingerprint density at radius 3 is 2.00 bits per heavy atom. The van der Waals surface area contributed by atoms with E-state index in [4.69, 9.17) is 9.97 Å². The second kappa shape index (κ2) is 14.2. The van der Waals surface area contributed by atoms with Crippen molar-refractivity contribution < 1.29 is 0 Å². The van der Waals surface area contributed by atoms with E-state index in [2.05, 4.69) is 212 Å². The van der Waals surface area contributed by atoms with Gasteiger partial charge in [0.15, 0.2) is 0 Å². The molecule has 4 nitrogen and oxygen atoms in total. The first kappa shape index (κ1) is 36.3. The lowest BCUT2D eigenvalue weighted by molar-refractivity contribution is 0.622. The lowest BCUT2D eigenvalue weighted by atomic mass is 9.72. The Labute approximate surface area is 355 Å². The van der Waals surface area contributed by atoms with Crippen LogP contribution in [0.4, 0.5) is 11.4 Å². The Morgan fingerprint density at radius 2 is 1.20 bits per heavy atom. The van der Waals surface area contributed by atoms with E-state index in [9.17, 15) is 0 Å². The minimum absolute atomic E-state index is 0.306. The van der Waals surface area contributed by atoms with E-state index in [0.29, 0.717) is 5.95 Å². The molecule has 0 bridgehead atoms. The van der Waals surface area contributed by atoms with E-state index < -0.39 is 0 Å². The van der Waals surface area contributed by atoms with Gasteiger partial charge in [-0.15, -0.1) is 0 Å². The van der Waals surface area contributed by atoms with Crippen molar-refractivity contribution in [2.75, 3.05) is 4.90 Å². The van der Waals surface area contributed by atoms with Crippen molar-refractivity contribution in [1.29, 1.82) is 0 Å². The van der Waals surface area contributed by atoms with Crippen LogP contribution in [-0.2, 0) is 5.41 Å². The third-order valence-corrected chi connectivity index (χ3v) is 12.5. The van der Waals surface area contributed by atoms with E-state index >= 15 is 0 Å². The zero-order chi connectivity index (χ0) is 41.2. The molecule has 1 aliphatic rings. The van der Waals surface area contributed by atoms with Gasteiger partial charge in [-0.1, -0.05) is 167 Å². The highest BCUT2D eigenvalue weighted by molar-refractivity contribution is 6.25. The van der Waals surface area contributed by atoms with Gasteiger partial charge in [0.1, 0.15) is 0 Å². The number of anilines is 2. The third kappa shape index (κ3) is 5.67. The third-order valence-electron chi connectivity index (χ3n) is 12.5. The molecule has 10 aromatic rings. The van der Waals surface area contributed by atoms with Gasteiger partial charge in [0.25, 0.3) is 0 Å². The van der Waals surface area contributed by atoms with Gasteiger partial charge in [-0.05, 0) is 98.8 Å². The number of aromatic nitrogens is 3. The standard InChI is InChI=1S/C57H42N4/c1-5-46-49(6-2)60(42-24-11-8-12-25-42)50-33-32-40(36-47(50)57(46,3)4)39-22-17-23-41(35-39)44-28-18-30-51-54(44)53-43-26-14-13-19-37(43)31-34-52(53)61(51)56-58-48-29-16-15-27-45(48)55(59-56)38-20-9-7-10-21-38/h5-36H,1-2H2,3-4H3. The summed E-state index contributed by atoms with van der Waals surface area (Å²) in [7, 11) is 0. The van der Waals surface area contributed by atoms with Crippen molar-refractivity contribution in [3.8, 4) is 39.5 Å². The highest BCUT2D eigenvalue weighted by atomic mass is 15.2. The maximum Gasteiger partial charge on any atom is 0.235 e. The molecule has 0 N–H and O–H groups in total. The van der Waals surface area contributed by atoms with Crippen molar-refractivity contribution in [3.05, 3.63) is 224 Å². The molecule has 0 radical (unpaired) electrons. The Kier molecular flexibility index (Phi) is 8.43. The Morgan fingerprint density at radius 1 is 0.525 bits per heavy atom. The number of fused-ring (bicyclic) bond motifs is 7. The molecule has 8 aromatic carbocycles. The number of hydrogen-bond acceptors (Lipinski definition) is 3. The van der Waals surface area contributed by atoms with Crippen molar-refractivity contribution in [2.24, 2.45) is 0 Å². The molecule has 11 rings (SSSR count). The van der Waals surface area contributed by atoms with Crippen molar-refractivity contribution >= 4 is 54.9 Å². The number of rotatable bonds is 7. The largest absolute Gasteiger partial charge is 0.310 e. The summed E-state index contributed by atoms with van der Waals surface area (Å²) in [4.78, 5) is 13.0. The Hall–Kier alpha value is -7.82. The van der Waals surface area contributed by atoms with Gasteiger partial charge < -0.3 is 4.90 Å². The highest BCUT2D eigenvalue weighted by Crippen LogP contribution is 2.50. The predicted octanol–water partition coefficient (Wildman–Crippen LogP) is 14.9. The van der Waals surface area contributed by atoms with E-state index in [1.54, 1.807) is 0 Å². The Balaban J connectivity index is 1.12. The molecule has 0 fully saturated rings. The summed E-state index contributed by atoms with van der Waals surface area (Å²) in [5.74, 6) is 0.646. The number of hydrogen-bond donors (Lipinski definition) is 0. The number of allylic oxidation sites excluding steroid dienone is 3. The molecular formula is C57H42N4. The van der Waals surface area contributed by atoms with E-state index in [1.807, 2.05) is 18.2 Å². The van der Waals surface area contributed by atoms with Gasteiger partial charge in [-0.2, -0.15) is 0 Å². The van der Waals surface area contributed by atoms with Gasteiger partial charge in [0.2, 0.25) is 5.95 Å². The second-order valence-electron chi connectivity index (χ2n) is 16.3. The highest BCUT2D eigenvalue weighted by Gasteiger charge is 2.37. The molecule has 0 amide bonds. The number of benzene rings is 8. The lowest BCUT2D eigenvalue weighted by Crippen LogP contribution is -2.33. The van der Waals surface area contributed by atoms with Crippen LogP contribution in [0.25, 0.3) is 82.9 Å². The summed E-state index contributed by atoms with van der Waals surface area (Å²) in [5.41, 5.74) is 15.0. The minimum Gasteiger partial charge on any atom is -0.310 e. The van der Waals surface area contributed by atoms with Crippen LogP contribution in [0.5, 0.6) is 0 Å². The van der Waals surface area contributed by atoms with Crippen LogP contribution in [0.2, 0.25) is 0 Å². The van der Waals surface area contributed by atoms with Gasteiger partial charge in [-0.3, -0.25) is 4.57 Å². The van der Waals surface area contributed by atoms with Crippen LogP contribution in [0, 0.1) is 0 Å². The van der Waals surface area contributed by atoms with E-state index in [0.717, 1.165) is 78.1 Å². The van der Waals surface area contributed by atoms with Crippen molar-refractivity contribution in [3.63, 3.8) is 0 Å². The molecular weight excluding hydrogens is 741 g/mol. The van der Waals surface area contributed by atoms with Gasteiger partial charge in [0.05, 0.1) is 27.9 Å². The average Bonchev–Trinajstić information content (AvgIpc) is 3.66. The topological polar surface area (TPSA) is 34.0 Å². The first-order valence-electron chi connectivity index (χ1n) is 20.8. The molecule has 61 heavy (non-hydrogen) atoms. The fraction of sp³-hybridized carbons (Fsp3) is 0.0526. The molecule has 0 atom stereocenters. The molecule has 290 valence electrons. The SMILES string of the molecule is C=CC1=C(C=C)C(C)(C)c2cc(-c3cccc(-c4cccc5c4c4c6ccccc6ccc4n5-c4nc(-c5ccccc5)c5ccccc5n4)c3)ccc2N1c1ccccc1. The summed E-state index contributed by atoms with van der Waals surface area (Å²) in [6.45, 7) is 13.1. The fourth-order valence-corrected chi connectivity index (χ4v) is 9.67. The van der Waals surface area contributed by atoms with E-state index in [-0.39, 0.29) is 5.41 Å². The molecule has 0 aliphatic carbocycles. The smallest absolute Gasteiger partial charge is 0.235 e. The van der Waals surface area contributed by atoms with Gasteiger partial charge in [-0.25, -0.2) is 9.97 Å². The minimum atomic E-state index is -0.306. The molecule has 2 aromatic heterocycles. The monoisotopic (exact) mass is 782 g/mol. The molecule has 0 saturated heterocycles. The zero-order valence-electron chi connectivity index (χ0n) is 34.2.